The van der Waals surface area contributed by atoms with Crippen LogP contribution >= 0.6 is 0 Å². The number of nitrogens with one attached hydrogen (secondary N) is 1. The molecule has 0 aliphatic carbocycles. The standard InChI is InChI=1S/C8H16N2O3/c1-6(11)10-5-3-2-4-7(9)8(12)13/h7H,2-5,9H2,1H3,(H,10,11)(H,12,13)/t7-/m0/s1/i2D2,3D2,4D2,5D2. The van der Waals surface area contributed by atoms with Crippen molar-refractivity contribution in [2.45, 2.75) is 32.1 Å². The Morgan fingerprint density at radius 3 is 2.69 bits per heavy atom. The van der Waals surface area contributed by atoms with Crippen LogP contribution in [0.2, 0.25) is 0 Å². The van der Waals surface area contributed by atoms with Gasteiger partial charge in [0.05, 0.1) is 0 Å². The summed E-state index contributed by atoms with van der Waals surface area (Å²) in [4.78, 5) is 21.6. The number of carboxylic acids is 1. The number of hydrogen-bond donors (Lipinski definition) is 3. The Morgan fingerprint density at radius 2 is 2.23 bits per heavy atom. The molecular formula is C8H16N2O3. The lowest BCUT2D eigenvalue weighted by atomic mass is 10.1. The highest BCUT2D eigenvalue weighted by Gasteiger charge is 2.09. The third-order valence-electron chi connectivity index (χ3n) is 0.857. The molecule has 4 N–H and O–H groups in total. The number of carbonyl (C=O) groups is 2. The molecule has 0 rings (SSSR count). The molecule has 0 radical (unpaired) electrons. The van der Waals surface area contributed by atoms with E-state index in [9.17, 15) is 9.59 Å². The minimum Gasteiger partial charge on any atom is -0.480 e. The SMILES string of the molecule is [2H]C([2H])(NC(C)=O)C([2H])([2H])C([2H])([2H])C([2H])([2H])[C@H](N)C(=O)O. The van der Waals surface area contributed by atoms with Crippen molar-refractivity contribution in [3.05, 3.63) is 0 Å². The Labute approximate surface area is 88.5 Å². The zero-order valence-electron chi connectivity index (χ0n) is 14.9. The first-order valence-electron chi connectivity index (χ1n) is 7.29. The van der Waals surface area contributed by atoms with Gasteiger partial charge in [0.25, 0.3) is 0 Å². The van der Waals surface area contributed by atoms with E-state index in [1.165, 1.54) is 5.32 Å². The number of hydrogen-bond acceptors (Lipinski definition) is 3. The zero-order valence-corrected chi connectivity index (χ0v) is 6.92. The molecule has 0 aromatic carbocycles. The van der Waals surface area contributed by atoms with E-state index in [4.69, 9.17) is 21.8 Å². The molecule has 76 valence electrons. The van der Waals surface area contributed by atoms with Crippen LogP contribution in [0.15, 0.2) is 0 Å². The molecule has 0 saturated carbocycles. The highest BCUT2D eigenvalue weighted by atomic mass is 16.4. The maximum Gasteiger partial charge on any atom is 0.320 e. The van der Waals surface area contributed by atoms with Crippen molar-refractivity contribution in [1.82, 2.24) is 5.32 Å². The first kappa shape index (κ1) is 3.96. The zero-order chi connectivity index (χ0) is 17.4. The van der Waals surface area contributed by atoms with Crippen molar-refractivity contribution in [2.75, 3.05) is 6.50 Å². The predicted molar refractivity (Wildman–Crippen MR) is 48.1 cm³/mol. The molecule has 0 aliphatic rings. The largest absolute Gasteiger partial charge is 0.480 e. The Balaban J connectivity index is 5.86. The Kier molecular flexibility index (Phi) is 1.95. The van der Waals surface area contributed by atoms with Crippen LogP contribution in [0.25, 0.3) is 0 Å². The van der Waals surface area contributed by atoms with Gasteiger partial charge in [0, 0.05) is 24.4 Å². The quantitative estimate of drug-likeness (QED) is 0.544. The molecule has 0 aliphatic heterocycles. The summed E-state index contributed by atoms with van der Waals surface area (Å²) in [6.45, 7) is -2.44. The van der Waals surface area contributed by atoms with Crippen LogP contribution in [-0.4, -0.2) is 29.5 Å². The van der Waals surface area contributed by atoms with Crippen LogP contribution < -0.4 is 11.1 Å². The summed E-state index contributed by atoms with van der Waals surface area (Å²) in [7, 11) is 0. The van der Waals surface area contributed by atoms with Gasteiger partial charge in [-0.05, 0) is 19.1 Å². The molecule has 1 atom stereocenters. The Hall–Kier alpha value is -1.10. The molecule has 5 heteroatoms. The fraction of sp³-hybridized carbons (Fsp3) is 0.750. The molecule has 0 bridgehead atoms. The molecular weight excluding hydrogens is 172 g/mol. The number of carbonyl (C=O) groups excluding carboxylic acids is 1. The lowest BCUT2D eigenvalue weighted by Crippen LogP contribution is -2.30. The van der Waals surface area contributed by atoms with Gasteiger partial charge < -0.3 is 16.2 Å². The first-order valence-corrected chi connectivity index (χ1v) is 3.29. The number of aliphatic carboxylic acids is 1. The third kappa shape index (κ3) is 7.27. The summed E-state index contributed by atoms with van der Waals surface area (Å²) in [5.74, 6) is -2.93. The van der Waals surface area contributed by atoms with Crippen LogP contribution in [0.5, 0.6) is 0 Å². The molecule has 1 amide bonds. The smallest absolute Gasteiger partial charge is 0.320 e. The lowest BCUT2D eigenvalue weighted by Gasteiger charge is -2.05. The highest BCUT2D eigenvalue weighted by Crippen LogP contribution is 1.97. The number of carboxylic acid groups (broad SMARTS) is 1. The van der Waals surface area contributed by atoms with Gasteiger partial charge in [0.15, 0.2) is 0 Å². The van der Waals surface area contributed by atoms with Crippen molar-refractivity contribution >= 4 is 11.9 Å². The van der Waals surface area contributed by atoms with Crippen LogP contribution in [0.1, 0.15) is 37.0 Å². The van der Waals surface area contributed by atoms with Crippen LogP contribution in [0.4, 0.5) is 0 Å². The van der Waals surface area contributed by atoms with E-state index in [1.807, 2.05) is 0 Å². The van der Waals surface area contributed by atoms with Crippen molar-refractivity contribution in [2.24, 2.45) is 5.73 Å². The second kappa shape index (κ2) is 6.42. The van der Waals surface area contributed by atoms with Crippen molar-refractivity contribution < 1.29 is 25.7 Å². The minimum absolute atomic E-state index is 0.862. The average Bonchev–Trinajstić information content (AvgIpc) is 2.24. The molecule has 0 fully saturated rings. The van der Waals surface area contributed by atoms with E-state index < -0.39 is 43.5 Å². The highest BCUT2D eigenvalue weighted by molar-refractivity contribution is 5.73. The topological polar surface area (TPSA) is 92.4 Å². The van der Waals surface area contributed by atoms with Gasteiger partial charge >= 0.3 is 5.97 Å². The molecule has 0 unspecified atom stereocenters. The molecule has 0 heterocycles. The van der Waals surface area contributed by atoms with E-state index in [0.717, 1.165) is 6.92 Å². The second-order valence-electron chi connectivity index (χ2n) is 2.02. The van der Waals surface area contributed by atoms with Crippen molar-refractivity contribution in [3.8, 4) is 0 Å². The van der Waals surface area contributed by atoms with E-state index >= 15 is 0 Å². The predicted octanol–water partition coefficient (Wildman–Crippen LogP) is -0.295. The Bertz CT molecular complexity index is 439. The normalized spacial score (nSPS) is 25.7. The van der Waals surface area contributed by atoms with Gasteiger partial charge in [-0.25, -0.2) is 0 Å². The van der Waals surface area contributed by atoms with E-state index in [1.54, 1.807) is 0 Å². The fourth-order valence-corrected chi connectivity index (χ4v) is 0.326. The fourth-order valence-electron chi connectivity index (χ4n) is 0.326. The third-order valence-corrected chi connectivity index (χ3v) is 0.857. The summed E-state index contributed by atoms with van der Waals surface area (Å²) in [6, 6.07) is -2.43. The summed E-state index contributed by atoms with van der Waals surface area (Å²) in [5, 5.41) is 10.2. The maximum absolute atomic E-state index is 10.9. The molecule has 5 nitrogen and oxygen atoms in total. The van der Waals surface area contributed by atoms with Gasteiger partial charge in [-0.1, -0.05) is 0 Å². The van der Waals surface area contributed by atoms with E-state index in [0.29, 0.717) is 0 Å². The van der Waals surface area contributed by atoms with Gasteiger partial charge in [-0.3, -0.25) is 9.59 Å². The summed E-state index contributed by atoms with van der Waals surface area (Å²) < 4.78 is 59.8. The summed E-state index contributed by atoms with van der Waals surface area (Å²) in [6.07, 6.45) is -10.7. The average molecular weight is 196 g/mol. The number of nitrogens with two attached hydrogens (primary N) is 1. The second-order valence-corrected chi connectivity index (χ2v) is 2.02. The monoisotopic (exact) mass is 196 g/mol. The molecule has 13 heavy (non-hydrogen) atoms. The van der Waals surface area contributed by atoms with Crippen LogP contribution in [0.3, 0.4) is 0 Å². The van der Waals surface area contributed by atoms with Gasteiger partial charge in [-0.2, -0.15) is 0 Å². The molecule has 0 spiro atoms. The number of amides is 1. The summed E-state index contributed by atoms with van der Waals surface area (Å²) in [5.41, 5.74) is 5.03. The molecule has 0 saturated heterocycles. The lowest BCUT2D eigenvalue weighted by molar-refractivity contribution is -0.138. The van der Waals surface area contributed by atoms with Gasteiger partial charge in [0.1, 0.15) is 6.04 Å². The van der Waals surface area contributed by atoms with E-state index in [-0.39, 0.29) is 0 Å². The number of rotatable bonds is 6. The van der Waals surface area contributed by atoms with Crippen molar-refractivity contribution in [3.63, 3.8) is 0 Å². The minimum atomic E-state index is -3.66. The first-order chi connectivity index (χ1) is 9.02. The van der Waals surface area contributed by atoms with Crippen LogP contribution in [-0.2, 0) is 9.59 Å². The van der Waals surface area contributed by atoms with Crippen LogP contribution in [0, 0.1) is 0 Å². The Morgan fingerprint density at radius 1 is 1.62 bits per heavy atom. The van der Waals surface area contributed by atoms with Gasteiger partial charge in [0.2, 0.25) is 5.91 Å². The van der Waals surface area contributed by atoms with Gasteiger partial charge in [-0.15, -0.1) is 0 Å². The molecule has 0 aromatic rings. The van der Waals surface area contributed by atoms with E-state index in [2.05, 4.69) is 0 Å². The maximum atomic E-state index is 10.9. The summed E-state index contributed by atoms with van der Waals surface area (Å²) >= 11 is 0. The molecule has 0 aromatic heterocycles. The van der Waals surface area contributed by atoms with Crippen molar-refractivity contribution in [1.29, 1.82) is 0 Å².